The molecule has 9 aromatic rings. The average molecular weight is 1180 g/mol. The first-order chi connectivity index (χ1) is 40.1. The number of esters is 3. The van der Waals surface area contributed by atoms with Gasteiger partial charge in [-0.25, -0.2) is 18.4 Å². The van der Waals surface area contributed by atoms with Crippen LogP contribution < -0.4 is 4.74 Å². The molecule has 0 spiro atoms. The standard InChI is InChI=1S/C63H45BF13N2O6/c1-31-49(59(81)83-29-35-13-8-6-9-14-35)33(3)78(5)57(31)56(58-32(2)50(34(4)79(58)64(76)77)60(82)84-30-36-15-10-7-11-16-36)55-46(65)27-38(28-47(55)66)85-48(80)18-12-17-37-19-20-39-41-22-25-44(62(70,71)72)54-45(63(73,74)75)26-23-42(53(41)54)40-21-24-43(61(67,68)69)51(37)52(39)40/h6-11,13-16,19-28H,12,17-18,29-30H2,1-5H3/b58-56-. The summed E-state index contributed by atoms with van der Waals surface area (Å²) in [5.41, 5.74) is -6.13. The largest absolute Gasteiger partial charge is 0.609 e. The highest BCUT2D eigenvalue weighted by Crippen LogP contribution is 2.51. The van der Waals surface area contributed by atoms with E-state index < -0.39 is 117 Å². The van der Waals surface area contributed by atoms with Crippen molar-refractivity contribution in [2.24, 2.45) is 7.05 Å². The highest BCUT2D eigenvalue weighted by Gasteiger charge is 2.44. The zero-order chi connectivity index (χ0) is 61.4. The summed E-state index contributed by atoms with van der Waals surface area (Å²) in [6, 6.07) is 25.1. The molecule has 22 heteroatoms. The Hall–Kier alpha value is -8.95. The van der Waals surface area contributed by atoms with Crippen LogP contribution in [-0.4, -0.2) is 40.1 Å². The Morgan fingerprint density at radius 1 is 0.576 bits per heavy atom. The molecule has 0 N–H and O–H groups in total. The number of aromatic nitrogens is 1. The number of alkyl halides is 9. The molecule has 1 aromatic heterocycles. The van der Waals surface area contributed by atoms with Gasteiger partial charge in [0, 0.05) is 49.2 Å². The van der Waals surface area contributed by atoms with Gasteiger partial charge in [0.1, 0.15) is 41.9 Å². The molecule has 0 unspecified atom stereocenters. The average Bonchev–Trinajstić information content (AvgIpc) is 1.29. The third kappa shape index (κ3) is 10.7. The first-order valence-electron chi connectivity index (χ1n) is 26.2. The van der Waals surface area contributed by atoms with Gasteiger partial charge in [0.25, 0.3) is 0 Å². The van der Waals surface area contributed by atoms with Crippen LogP contribution in [0, 0.1) is 25.5 Å². The lowest BCUT2D eigenvalue weighted by Crippen LogP contribution is -2.27. The molecule has 0 bridgehead atoms. The monoisotopic (exact) mass is 1180 g/mol. The molecule has 1 aliphatic rings. The lowest BCUT2D eigenvalue weighted by Gasteiger charge is -2.23. The van der Waals surface area contributed by atoms with Crippen molar-refractivity contribution in [1.29, 1.82) is 0 Å². The summed E-state index contributed by atoms with van der Waals surface area (Å²) < 4.78 is 215. The number of ether oxygens (including phenoxy) is 3. The highest BCUT2D eigenvalue weighted by molar-refractivity contribution is 6.37. The third-order valence-corrected chi connectivity index (χ3v) is 15.4. The summed E-state index contributed by atoms with van der Waals surface area (Å²) in [6.07, 6.45) is -16.7. The molecule has 437 valence electrons. The first-order valence-corrected chi connectivity index (χ1v) is 26.2. The van der Waals surface area contributed by atoms with E-state index in [9.17, 15) is 53.9 Å². The fourth-order valence-electron chi connectivity index (χ4n) is 11.6. The van der Waals surface area contributed by atoms with E-state index in [1.165, 1.54) is 51.4 Å². The van der Waals surface area contributed by atoms with Gasteiger partial charge in [-0.15, -0.1) is 0 Å². The molecule has 2 heterocycles. The second kappa shape index (κ2) is 22.2. The van der Waals surface area contributed by atoms with Gasteiger partial charge in [-0.1, -0.05) is 91.0 Å². The topological polar surface area (TPSA) is 86.8 Å². The second-order valence-corrected chi connectivity index (χ2v) is 20.4. The zero-order valence-corrected chi connectivity index (χ0v) is 45.4. The molecule has 0 atom stereocenters. The summed E-state index contributed by atoms with van der Waals surface area (Å²) >= 11 is 0. The van der Waals surface area contributed by atoms with E-state index in [0.29, 0.717) is 45.9 Å². The molecule has 0 saturated carbocycles. The maximum Gasteiger partial charge on any atom is 0.609 e. The molecule has 85 heavy (non-hydrogen) atoms. The van der Waals surface area contributed by atoms with Gasteiger partial charge in [-0.05, 0) is 112 Å². The fourth-order valence-corrected chi connectivity index (χ4v) is 11.6. The van der Waals surface area contributed by atoms with E-state index in [1.54, 1.807) is 60.7 Å². The Bertz CT molecular complexity index is 4220. The molecule has 0 amide bonds. The predicted molar refractivity (Wildman–Crippen MR) is 292 cm³/mol. The molecular formula is C63H45BF13N2O6. The van der Waals surface area contributed by atoms with Crippen LogP contribution in [0.4, 0.5) is 56.9 Å². The van der Waals surface area contributed by atoms with E-state index >= 15 is 17.4 Å². The number of rotatable bonds is 14. The smallest absolute Gasteiger partial charge is 0.457 e. The van der Waals surface area contributed by atoms with Gasteiger partial charge in [0.2, 0.25) is 0 Å². The molecule has 0 saturated heterocycles. The van der Waals surface area contributed by atoms with Crippen LogP contribution in [0.3, 0.4) is 0 Å². The molecule has 8 nitrogen and oxygen atoms in total. The lowest BCUT2D eigenvalue weighted by atomic mass is 9.83. The van der Waals surface area contributed by atoms with Crippen LogP contribution in [-0.2, 0) is 64.3 Å². The Morgan fingerprint density at radius 3 is 1.52 bits per heavy atom. The number of allylic oxidation sites excluding steroid dienone is 1. The van der Waals surface area contributed by atoms with Gasteiger partial charge < -0.3 is 31.9 Å². The van der Waals surface area contributed by atoms with Gasteiger partial charge in [0.15, 0.2) is 5.70 Å². The minimum absolute atomic E-state index is 0.0192. The molecule has 0 aliphatic carbocycles. The number of fused-ring (bicyclic) bond motifs is 2. The Labute approximate surface area is 475 Å². The molecule has 0 fully saturated rings. The normalized spacial score (nSPS) is 14.1. The van der Waals surface area contributed by atoms with Crippen molar-refractivity contribution in [3.05, 3.63) is 211 Å². The van der Waals surface area contributed by atoms with Gasteiger partial charge in [-0.3, -0.25) is 4.79 Å². The van der Waals surface area contributed by atoms with Crippen LogP contribution in [0.2, 0.25) is 0 Å². The van der Waals surface area contributed by atoms with Crippen molar-refractivity contribution >= 4 is 79.7 Å². The summed E-state index contributed by atoms with van der Waals surface area (Å²) in [4.78, 5) is 41.3. The van der Waals surface area contributed by atoms with Crippen LogP contribution in [0.5, 0.6) is 5.75 Å². The number of hydrogen-bond donors (Lipinski definition) is 0. The van der Waals surface area contributed by atoms with E-state index in [2.05, 4.69) is 0 Å². The maximum absolute atomic E-state index is 17.2. The number of nitrogens with zero attached hydrogens (tertiary/aromatic N) is 2. The number of carbonyl (C=O) groups is 3. The first kappa shape index (κ1) is 59.2. The van der Waals surface area contributed by atoms with Crippen LogP contribution in [0.1, 0.15) is 92.9 Å². The van der Waals surface area contributed by atoms with Crippen LogP contribution in [0.15, 0.2) is 138 Å². The van der Waals surface area contributed by atoms with Crippen molar-refractivity contribution in [2.75, 3.05) is 0 Å². The van der Waals surface area contributed by atoms with Crippen molar-refractivity contribution in [3.63, 3.8) is 0 Å². The minimum Gasteiger partial charge on any atom is -0.457 e. The Balaban J connectivity index is 1.01. The van der Waals surface area contributed by atoms with E-state index in [1.807, 2.05) is 0 Å². The molecular weight excluding hydrogens is 1140 g/mol. The quantitative estimate of drug-likeness (QED) is 0.0269. The molecule has 10 rings (SSSR count). The lowest BCUT2D eigenvalue weighted by molar-refractivity contribution is -0.343. The van der Waals surface area contributed by atoms with E-state index in [-0.39, 0.29) is 97.9 Å². The van der Waals surface area contributed by atoms with Crippen molar-refractivity contribution < 1.29 is 90.0 Å². The number of hydrogen-bond acceptors (Lipinski definition) is 6. The number of aryl methyl sites for hydroxylation is 1. The maximum atomic E-state index is 17.2. The number of benzene rings is 8. The van der Waals surface area contributed by atoms with Crippen LogP contribution in [0.25, 0.3) is 48.7 Å². The van der Waals surface area contributed by atoms with Crippen molar-refractivity contribution in [2.45, 2.75) is 78.7 Å². The number of halogens is 13. The third-order valence-electron chi connectivity index (χ3n) is 15.4. The zero-order valence-electron chi connectivity index (χ0n) is 45.4. The van der Waals surface area contributed by atoms with E-state index in [4.69, 9.17) is 14.2 Å². The van der Waals surface area contributed by atoms with Crippen LogP contribution >= 0.6 is 0 Å². The summed E-state index contributed by atoms with van der Waals surface area (Å²) in [6.45, 7) is 4.95. The predicted octanol–water partition coefficient (Wildman–Crippen LogP) is 16.5. The van der Waals surface area contributed by atoms with Crippen molar-refractivity contribution in [1.82, 2.24) is 4.57 Å². The SMILES string of the molecule is CC1=C(C(=O)OCc2ccccc2)C(C)=[N+]([B-](F)F)/C1=C(/c1c(F)cc(OC(=O)CCCc2ccc3c4ccc(C(F)(F)F)c5c(C(F)(F)F)ccc(c6ccc(C(F)(F)F)c2c36)c54)cc1F)c1c(C)c(C(=O)OCc2ccccc2)c(C)n1C. The summed E-state index contributed by atoms with van der Waals surface area (Å²) in [7, 11) is -2.03. The van der Waals surface area contributed by atoms with Gasteiger partial charge in [0.05, 0.1) is 39.1 Å². The molecule has 1 aliphatic heterocycles. The van der Waals surface area contributed by atoms with Crippen molar-refractivity contribution in [3.8, 4) is 5.75 Å². The molecule has 8 aromatic carbocycles. The second-order valence-electron chi connectivity index (χ2n) is 20.4. The van der Waals surface area contributed by atoms with Gasteiger partial charge >= 0.3 is 43.8 Å². The minimum atomic E-state index is -5.25. The molecule has 1 radical (unpaired) electrons. The summed E-state index contributed by atoms with van der Waals surface area (Å²) in [5.74, 6) is -6.72. The number of carbonyl (C=O) groups excluding carboxylic acids is 3. The van der Waals surface area contributed by atoms with E-state index in [0.717, 1.165) is 18.2 Å². The fraction of sp³-hybridized carbons (Fsp3) is 0.206. The Kier molecular flexibility index (Phi) is 15.5. The highest BCUT2D eigenvalue weighted by atomic mass is 19.4. The summed E-state index contributed by atoms with van der Waals surface area (Å²) in [5, 5.41) is -2.69. The Morgan fingerprint density at radius 2 is 1.04 bits per heavy atom. The van der Waals surface area contributed by atoms with Gasteiger partial charge in [-0.2, -0.15) is 39.5 Å².